The van der Waals surface area contributed by atoms with Gasteiger partial charge in [-0.1, -0.05) is 60.7 Å². The number of hydrogen-bond acceptors (Lipinski definition) is 4. The maximum atomic E-state index is 13.9. The van der Waals surface area contributed by atoms with E-state index < -0.39 is 0 Å². The third-order valence-corrected chi connectivity index (χ3v) is 9.23. The molecule has 2 aromatic carbocycles. The van der Waals surface area contributed by atoms with Crippen LogP contribution in [0.15, 0.2) is 60.7 Å². The zero-order valence-electron chi connectivity index (χ0n) is 21.1. The van der Waals surface area contributed by atoms with Crippen LogP contribution in [0.1, 0.15) is 55.1 Å². The van der Waals surface area contributed by atoms with E-state index in [4.69, 9.17) is 0 Å². The van der Waals surface area contributed by atoms with E-state index in [-0.39, 0.29) is 35.2 Å². The number of piperidine rings is 1. The van der Waals surface area contributed by atoms with Crippen molar-refractivity contribution in [1.82, 2.24) is 20.4 Å². The summed E-state index contributed by atoms with van der Waals surface area (Å²) in [6, 6.07) is 20.4. The molecular formula is C30H38N4O2. The lowest BCUT2D eigenvalue weighted by Gasteiger charge is -2.33. The van der Waals surface area contributed by atoms with Gasteiger partial charge in [-0.3, -0.25) is 9.59 Å². The lowest BCUT2D eigenvalue weighted by atomic mass is 9.77. The molecule has 36 heavy (non-hydrogen) atoms. The van der Waals surface area contributed by atoms with Gasteiger partial charge in [0.25, 0.3) is 0 Å². The molecular weight excluding hydrogens is 448 g/mol. The van der Waals surface area contributed by atoms with Gasteiger partial charge in [-0.05, 0) is 61.7 Å². The Balaban J connectivity index is 1.20. The lowest BCUT2D eigenvalue weighted by Crippen LogP contribution is -2.51. The first-order valence-electron chi connectivity index (χ1n) is 13.8. The molecule has 4 saturated heterocycles. The fraction of sp³-hybridized carbons (Fsp3) is 0.533. The number of carbonyl (C=O) groups is 2. The van der Waals surface area contributed by atoms with Crippen LogP contribution in [0, 0.1) is 5.41 Å². The van der Waals surface area contributed by atoms with Crippen LogP contribution >= 0.6 is 0 Å². The van der Waals surface area contributed by atoms with E-state index in [0.29, 0.717) is 18.9 Å². The number of rotatable bonds is 4. The standard InChI is InChI=1S/C30H38N4O2/c35-28(26-18-30(21-32-26)12-14-31-15-13-30)34-20-25(23-9-5-2-6-10-23)17-27(34)29(36)33-16-11-24(19-33)22-7-3-1-4-8-22/h1-10,24-27,31-32H,11-21H2/t24?,25-,26?,27-/m0/s1. The zero-order chi connectivity index (χ0) is 24.5. The Morgan fingerprint density at radius 1 is 0.833 bits per heavy atom. The van der Waals surface area contributed by atoms with Gasteiger partial charge in [0.2, 0.25) is 11.8 Å². The molecule has 4 heterocycles. The number of benzene rings is 2. The van der Waals surface area contributed by atoms with Crippen LogP contribution < -0.4 is 10.6 Å². The molecule has 0 saturated carbocycles. The summed E-state index contributed by atoms with van der Waals surface area (Å²) in [5.41, 5.74) is 2.75. The Hall–Kier alpha value is -2.70. The molecule has 0 aromatic heterocycles. The van der Waals surface area contributed by atoms with Gasteiger partial charge in [-0.25, -0.2) is 0 Å². The average molecular weight is 487 g/mol. The van der Waals surface area contributed by atoms with E-state index in [1.165, 1.54) is 11.1 Å². The van der Waals surface area contributed by atoms with Gasteiger partial charge < -0.3 is 20.4 Å². The van der Waals surface area contributed by atoms with Gasteiger partial charge in [0.15, 0.2) is 0 Å². The summed E-state index contributed by atoms with van der Waals surface area (Å²) >= 11 is 0. The molecule has 6 nitrogen and oxygen atoms in total. The van der Waals surface area contributed by atoms with Crippen LogP contribution in [0.5, 0.6) is 0 Å². The van der Waals surface area contributed by atoms with Crippen LogP contribution in [-0.2, 0) is 9.59 Å². The van der Waals surface area contributed by atoms with Crippen molar-refractivity contribution in [3.05, 3.63) is 71.8 Å². The summed E-state index contributed by atoms with van der Waals surface area (Å²) in [7, 11) is 0. The Morgan fingerprint density at radius 2 is 1.50 bits per heavy atom. The van der Waals surface area contributed by atoms with E-state index in [1.807, 2.05) is 21.9 Å². The van der Waals surface area contributed by atoms with Crippen molar-refractivity contribution in [1.29, 1.82) is 0 Å². The van der Waals surface area contributed by atoms with E-state index in [9.17, 15) is 9.59 Å². The second kappa shape index (κ2) is 9.98. The highest BCUT2D eigenvalue weighted by molar-refractivity contribution is 5.91. The van der Waals surface area contributed by atoms with E-state index in [0.717, 1.165) is 58.4 Å². The second-order valence-electron chi connectivity index (χ2n) is 11.4. The normalized spacial score (nSPS) is 29.7. The van der Waals surface area contributed by atoms with Crippen LogP contribution in [0.3, 0.4) is 0 Å². The largest absolute Gasteiger partial charge is 0.340 e. The number of nitrogens with zero attached hydrogens (tertiary/aromatic N) is 2. The minimum atomic E-state index is -0.372. The van der Waals surface area contributed by atoms with Crippen molar-refractivity contribution in [2.24, 2.45) is 5.41 Å². The first-order valence-corrected chi connectivity index (χ1v) is 13.8. The minimum Gasteiger partial charge on any atom is -0.340 e. The van der Waals surface area contributed by atoms with Crippen molar-refractivity contribution in [3.8, 4) is 0 Å². The van der Waals surface area contributed by atoms with Gasteiger partial charge in [-0.2, -0.15) is 0 Å². The molecule has 0 aliphatic carbocycles. The number of likely N-dealkylation sites (tertiary alicyclic amines) is 2. The molecule has 6 rings (SSSR count). The molecule has 4 aliphatic rings. The number of nitrogens with one attached hydrogen (secondary N) is 2. The predicted molar refractivity (Wildman–Crippen MR) is 141 cm³/mol. The van der Waals surface area contributed by atoms with Crippen LogP contribution in [-0.4, -0.2) is 73.0 Å². The smallest absolute Gasteiger partial charge is 0.245 e. The third kappa shape index (κ3) is 4.57. The minimum absolute atomic E-state index is 0.126. The van der Waals surface area contributed by atoms with Gasteiger partial charge in [0, 0.05) is 38.0 Å². The number of amides is 2. The third-order valence-electron chi connectivity index (χ3n) is 9.23. The van der Waals surface area contributed by atoms with E-state index >= 15 is 0 Å². The Bertz CT molecular complexity index is 1070. The molecule has 2 aromatic rings. The fourth-order valence-electron chi connectivity index (χ4n) is 7.08. The monoisotopic (exact) mass is 486 g/mol. The first-order chi connectivity index (χ1) is 17.6. The Morgan fingerprint density at radius 3 is 2.19 bits per heavy atom. The molecule has 2 N–H and O–H groups in total. The summed E-state index contributed by atoms with van der Waals surface area (Å²) in [5.74, 6) is 0.837. The van der Waals surface area contributed by atoms with E-state index in [1.54, 1.807) is 0 Å². The second-order valence-corrected chi connectivity index (χ2v) is 11.4. The molecule has 190 valence electrons. The highest BCUT2D eigenvalue weighted by Crippen LogP contribution is 2.40. The Kier molecular flexibility index (Phi) is 6.57. The molecule has 0 bridgehead atoms. The van der Waals surface area contributed by atoms with Crippen LogP contribution in [0.25, 0.3) is 0 Å². The SMILES string of the molecule is O=C([C@@H]1C[C@H](c2ccccc2)CN1C(=O)C1CC2(CCNCC2)CN1)N1CCC(c2ccccc2)C1. The Labute approximate surface area is 214 Å². The van der Waals surface area contributed by atoms with Gasteiger partial charge in [0.05, 0.1) is 6.04 Å². The molecule has 6 heteroatoms. The maximum Gasteiger partial charge on any atom is 0.245 e. The predicted octanol–water partition coefficient (Wildman–Crippen LogP) is 3.12. The average Bonchev–Trinajstić information content (AvgIpc) is 3.69. The topological polar surface area (TPSA) is 64.7 Å². The van der Waals surface area contributed by atoms with Gasteiger partial charge in [-0.15, -0.1) is 0 Å². The van der Waals surface area contributed by atoms with Gasteiger partial charge >= 0.3 is 0 Å². The molecule has 4 aliphatic heterocycles. The van der Waals surface area contributed by atoms with Gasteiger partial charge in [0.1, 0.15) is 6.04 Å². The van der Waals surface area contributed by atoms with Crippen molar-refractivity contribution >= 4 is 11.8 Å². The molecule has 2 amide bonds. The molecule has 4 fully saturated rings. The lowest BCUT2D eigenvalue weighted by molar-refractivity contribution is -0.144. The summed E-state index contributed by atoms with van der Waals surface area (Å²) in [6.07, 6.45) is 4.82. The summed E-state index contributed by atoms with van der Waals surface area (Å²) < 4.78 is 0. The quantitative estimate of drug-likeness (QED) is 0.697. The van der Waals surface area contributed by atoms with Crippen LogP contribution in [0.2, 0.25) is 0 Å². The highest BCUT2D eigenvalue weighted by Gasteiger charge is 2.48. The van der Waals surface area contributed by atoms with Crippen LogP contribution in [0.4, 0.5) is 0 Å². The first kappa shape index (κ1) is 23.7. The summed E-state index contributed by atoms with van der Waals surface area (Å²) in [6.45, 7) is 5.11. The highest BCUT2D eigenvalue weighted by atomic mass is 16.2. The molecule has 4 atom stereocenters. The zero-order valence-corrected chi connectivity index (χ0v) is 21.1. The number of hydrogen-bond donors (Lipinski definition) is 2. The molecule has 0 radical (unpaired) electrons. The van der Waals surface area contributed by atoms with Crippen molar-refractivity contribution in [2.75, 3.05) is 39.3 Å². The van der Waals surface area contributed by atoms with Crippen molar-refractivity contribution < 1.29 is 9.59 Å². The maximum absolute atomic E-state index is 13.9. The summed E-state index contributed by atoms with van der Waals surface area (Å²) in [4.78, 5) is 31.8. The molecule has 1 spiro atoms. The van der Waals surface area contributed by atoms with E-state index in [2.05, 4.69) is 59.2 Å². The molecule has 2 unspecified atom stereocenters. The number of carbonyl (C=O) groups excluding carboxylic acids is 2. The summed E-state index contributed by atoms with van der Waals surface area (Å²) in [5, 5.41) is 7.02. The van der Waals surface area contributed by atoms with Crippen molar-refractivity contribution in [2.45, 2.75) is 56.0 Å². The fourth-order valence-corrected chi connectivity index (χ4v) is 7.08. The van der Waals surface area contributed by atoms with Crippen molar-refractivity contribution in [3.63, 3.8) is 0 Å².